The van der Waals surface area contributed by atoms with Gasteiger partial charge in [-0.3, -0.25) is 10.4 Å². The summed E-state index contributed by atoms with van der Waals surface area (Å²) in [6, 6.07) is 0. The zero-order valence-corrected chi connectivity index (χ0v) is 6.24. The van der Waals surface area contributed by atoms with Gasteiger partial charge in [-0.15, -0.1) is 0 Å². The van der Waals surface area contributed by atoms with E-state index < -0.39 is 0 Å². The van der Waals surface area contributed by atoms with Crippen LogP contribution in [0.15, 0.2) is 0 Å². The molecule has 5 N–H and O–H groups in total. The van der Waals surface area contributed by atoms with Crippen LogP contribution in [0.3, 0.4) is 0 Å². The lowest BCUT2D eigenvalue weighted by Crippen LogP contribution is -2.07. The molecule has 0 aliphatic carbocycles. The maximum absolute atomic E-state index is 8.44. The number of anilines is 3. The van der Waals surface area contributed by atoms with Crippen LogP contribution in [0, 0.1) is 0 Å². The highest BCUT2D eigenvalue weighted by molar-refractivity contribution is 5.39. The second-order valence-corrected chi connectivity index (χ2v) is 1.78. The third-order valence-corrected chi connectivity index (χ3v) is 1.06. The highest BCUT2D eigenvalue weighted by Crippen LogP contribution is 2.06. The van der Waals surface area contributed by atoms with Gasteiger partial charge in [0.1, 0.15) is 0 Å². The van der Waals surface area contributed by atoms with Crippen molar-refractivity contribution in [2.75, 3.05) is 23.3 Å². The SMILES string of the molecule is CNc1nc(NO)nc(NO)n1. The van der Waals surface area contributed by atoms with Gasteiger partial charge in [0.15, 0.2) is 0 Å². The molecule has 0 radical (unpaired) electrons. The summed E-state index contributed by atoms with van der Waals surface area (Å²) in [5.41, 5.74) is 3.45. The van der Waals surface area contributed by atoms with E-state index in [0.717, 1.165) is 0 Å². The van der Waals surface area contributed by atoms with Gasteiger partial charge < -0.3 is 5.32 Å². The van der Waals surface area contributed by atoms with Gasteiger partial charge in [0.05, 0.1) is 0 Å². The fraction of sp³-hybridized carbons (Fsp3) is 0.250. The molecule has 1 rings (SSSR count). The summed E-state index contributed by atoms with van der Waals surface area (Å²) in [4.78, 5) is 10.9. The van der Waals surface area contributed by atoms with Crippen molar-refractivity contribution in [1.29, 1.82) is 0 Å². The van der Waals surface area contributed by atoms with Crippen LogP contribution >= 0.6 is 0 Å². The zero-order chi connectivity index (χ0) is 8.97. The van der Waals surface area contributed by atoms with Crippen LogP contribution in [0.1, 0.15) is 0 Å². The lowest BCUT2D eigenvalue weighted by atomic mass is 10.8. The van der Waals surface area contributed by atoms with E-state index in [2.05, 4.69) is 20.3 Å². The van der Waals surface area contributed by atoms with Crippen molar-refractivity contribution >= 4 is 17.8 Å². The van der Waals surface area contributed by atoms with Crippen molar-refractivity contribution < 1.29 is 10.4 Å². The van der Waals surface area contributed by atoms with Crippen LogP contribution in [0.2, 0.25) is 0 Å². The van der Waals surface area contributed by atoms with Crippen LogP contribution in [0.5, 0.6) is 0 Å². The molecule has 0 saturated heterocycles. The van der Waals surface area contributed by atoms with Crippen LogP contribution in [-0.4, -0.2) is 32.4 Å². The second-order valence-electron chi connectivity index (χ2n) is 1.78. The van der Waals surface area contributed by atoms with Gasteiger partial charge in [-0.05, 0) is 0 Å². The summed E-state index contributed by atoms with van der Waals surface area (Å²) >= 11 is 0. The minimum absolute atomic E-state index is 0.0640. The van der Waals surface area contributed by atoms with Crippen molar-refractivity contribution in [3.8, 4) is 0 Å². The third kappa shape index (κ3) is 1.68. The van der Waals surface area contributed by atoms with Crippen molar-refractivity contribution in [2.24, 2.45) is 0 Å². The Labute approximate surface area is 67.6 Å². The minimum Gasteiger partial charge on any atom is -0.357 e. The first-order valence-electron chi connectivity index (χ1n) is 3.04. The maximum Gasteiger partial charge on any atom is 0.253 e. The summed E-state index contributed by atoms with van der Waals surface area (Å²) < 4.78 is 0. The monoisotopic (exact) mass is 172 g/mol. The van der Waals surface area contributed by atoms with Crippen LogP contribution in [0.4, 0.5) is 17.8 Å². The van der Waals surface area contributed by atoms with E-state index in [1.807, 2.05) is 0 Å². The van der Waals surface area contributed by atoms with E-state index in [0.29, 0.717) is 0 Å². The molecule has 1 aromatic rings. The summed E-state index contributed by atoms with van der Waals surface area (Å²) in [7, 11) is 1.59. The number of rotatable bonds is 3. The number of hydrogen-bond donors (Lipinski definition) is 5. The molecule has 0 unspecified atom stereocenters. The van der Waals surface area contributed by atoms with Gasteiger partial charge in [0.25, 0.3) is 11.9 Å². The molecule has 0 aliphatic rings. The average Bonchev–Trinajstić information content (AvgIpc) is 2.16. The van der Waals surface area contributed by atoms with E-state index in [1.165, 1.54) is 0 Å². The van der Waals surface area contributed by atoms with Crippen molar-refractivity contribution in [2.45, 2.75) is 0 Å². The molecule has 66 valence electrons. The Kier molecular flexibility index (Phi) is 2.56. The van der Waals surface area contributed by atoms with Gasteiger partial charge in [-0.25, -0.2) is 11.0 Å². The topological polar surface area (TPSA) is 115 Å². The molecule has 12 heavy (non-hydrogen) atoms. The Morgan fingerprint density at radius 3 is 1.67 bits per heavy atom. The predicted molar refractivity (Wildman–Crippen MR) is 40.2 cm³/mol. The van der Waals surface area contributed by atoms with E-state index >= 15 is 0 Å². The first-order chi connectivity index (χ1) is 5.80. The molecule has 0 spiro atoms. The molecular formula is C4H8N6O2. The summed E-state index contributed by atoms with van der Waals surface area (Å²) in [5, 5.41) is 19.5. The highest BCUT2D eigenvalue weighted by atomic mass is 16.5. The summed E-state index contributed by atoms with van der Waals surface area (Å²) in [5.74, 6) is 0.0925. The first kappa shape index (κ1) is 8.43. The van der Waals surface area contributed by atoms with E-state index in [4.69, 9.17) is 10.4 Å². The number of hydrogen-bond acceptors (Lipinski definition) is 8. The predicted octanol–water partition coefficient (Wildman–Crippen LogP) is -0.485. The minimum atomic E-state index is -0.0640. The highest BCUT2D eigenvalue weighted by Gasteiger charge is 2.02. The average molecular weight is 172 g/mol. The Hall–Kier alpha value is -1.67. The van der Waals surface area contributed by atoms with E-state index in [-0.39, 0.29) is 17.8 Å². The summed E-state index contributed by atoms with van der Waals surface area (Å²) in [6.07, 6.45) is 0. The van der Waals surface area contributed by atoms with Gasteiger partial charge >= 0.3 is 0 Å². The Bertz CT molecular complexity index is 210. The number of aromatic nitrogens is 3. The normalized spacial score (nSPS) is 9.25. The van der Waals surface area contributed by atoms with Crippen LogP contribution < -0.4 is 16.3 Å². The third-order valence-electron chi connectivity index (χ3n) is 1.06. The molecule has 1 heterocycles. The molecule has 1 aromatic heterocycles. The summed E-state index contributed by atoms with van der Waals surface area (Å²) in [6.45, 7) is 0. The first-order valence-corrected chi connectivity index (χ1v) is 3.04. The smallest absolute Gasteiger partial charge is 0.253 e. The van der Waals surface area contributed by atoms with E-state index in [9.17, 15) is 0 Å². The largest absolute Gasteiger partial charge is 0.357 e. The Balaban J connectivity index is 3.01. The quantitative estimate of drug-likeness (QED) is 0.388. The number of nitrogens with zero attached hydrogens (tertiary/aromatic N) is 3. The fourth-order valence-corrected chi connectivity index (χ4v) is 0.588. The molecule has 8 heteroatoms. The molecular weight excluding hydrogens is 164 g/mol. The fourth-order valence-electron chi connectivity index (χ4n) is 0.588. The van der Waals surface area contributed by atoms with E-state index in [1.54, 1.807) is 18.0 Å². The van der Waals surface area contributed by atoms with Crippen molar-refractivity contribution in [1.82, 2.24) is 15.0 Å². The standard InChI is InChI=1S/C4H8N6O2/c1-5-2-6-3(9-11)8-4(7-2)10-12/h11-12H,1H3,(H3,5,6,7,8,9,10). The molecule has 0 bridgehead atoms. The molecule has 0 fully saturated rings. The Morgan fingerprint density at radius 2 is 1.33 bits per heavy atom. The lowest BCUT2D eigenvalue weighted by Gasteiger charge is -2.03. The molecule has 0 aliphatic heterocycles. The zero-order valence-electron chi connectivity index (χ0n) is 6.24. The number of nitrogens with one attached hydrogen (secondary N) is 3. The Morgan fingerprint density at radius 1 is 0.917 bits per heavy atom. The lowest BCUT2D eigenvalue weighted by molar-refractivity contribution is 0.375. The molecule has 0 aromatic carbocycles. The molecule has 0 saturated carbocycles. The van der Waals surface area contributed by atoms with Crippen molar-refractivity contribution in [3.63, 3.8) is 0 Å². The molecule has 0 amide bonds. The maximum atomic E-state index is 8.44. The van der Waals surface area contributed by atoms with Gasteiger partial charge in [-0.2, -0.15) is 15.0 Å². The van der Waals surface area contributed by atoms with Gasteiger partial charge in [0.2, 0.25) is 5.95 Å². The second kappa shape index (κ2) is 3.64. The van der Waals surface area contributed by atoms with Gasteiger partial charge in [-0.1, -0.05) is 0 Å². The van der Waals surface area contributed by atoms with Crippen molar-refractivity contribution in [3.05, 3.63) is 0 Å². The van der Waals surface area contributed by atoms with Crippen LogP contribution in [-0.2, 0) is 0 Å². The molecule has 0 atom stereocenters. The van der Waals surface area contributed by atoms with Gasteiger partial charge in [0, 0.05) is 7.05 Å². The molecule has 8 nitrogen and oxygen atoms in total. The van der Waals surface area contributed by atoms with Crippen LogP contribution in [0.25, 0.3) is 0 Å².